The second kappa shape index (κ2) is 5.85. The van der Waals surface area contributed by atoms with Crippen LogP contribution in [0.1, 0.15) is 28.1 Å². The average molecular weight is 381 g/mol. The fourth-order valence-electron chi connectivity index (χ4n) is 2.13. The lowest BCUT2D eigenvalue weighted by Crippen LogP contribution is -2.28. The fraction of sp³-hybridized carbons (Fsp3) is 0.583. The number of halogens is 2. The van der Waals surface area contributed by atoms with Crippen molar-refractivity contribution in [2.45, 2.75) is 19.8 Å². The molecule has 1 amide bonds. The van der Waals surface area contributed by atoms with Gasteiger partial charge in [-0.1, -0.05) is 15.9 Å². The number of rotatable bonds is 3. The Morgan fingerprint density at radius 3 is 3.00 bits per heavy atom. The van der Waals surface area contributed by atoms with Crippen molar-refractivity contribution in [1.29, 1.82) is 0 Å². The van der Waals surface area contributed by atoms with Crippen molar-refractivity contribution in [3.05, 3.63) is 20.3 Å². The minimum atomic E-state index is 0.195. The molecule has 1 saturated heterocycles. The van der Waals surface area contributed by atoms with Crippen molar-refractivity contribution < 1.29 is 4.79 Å². The van der Waals surface area contributed by atoms with Gasteiger partial charge in [-0.25, -0.2) is 0 Å². The van der Waals surface area contributed by atoms with Crippen molar-refractivity contribution in [2.24, 2.45) is 5.92 Å². The molecular weight excluding hydrogens is 366 g/mol. The van der Waals surface area contributed by atoms with Crippen molar-refractivity contribution in [3.63, 3.8) is 0 Å². The molecule has 0 radical (unpaired) electrons. The minimum Gasteiger partial charge on any atom is -0.338 e. The number of carbonyl (C=O) groups is 1. The van der Waals surface area contributed by atoms with E-state index in [2.05, 4.69) is 31.9 Å². The minimum absolute atomic E-state index is 0.195. The molecule has 1 unspecified atom stereocenters. The quantitative estimate of drug-likeness (QED) is 0.724. The normalized spacial score (nSPS) is 19.9. The van der Waals surface area contributed by atoms with Gasteiger partial charge in [-0.2, -0.15) is 0 Å². The van der Waals surface area contributed by atoms with Gasteiger partial charge in [0.15, 0.2) is 0 Å². The van der Waals surface area contributed by atoms with Crippen LogP contribution in [0.15, 0.2) is 9.85 Å². The number of nitrogens with zero attached hydrogens (tertiary/aromatic N) is 1. The summed E-state index contributed by atoms with van der Waals surface area (Å²) < 4.78 is 1.07. The van der Waals surface area contributed by atoms with E-state index in [1.165, 1.54) is 0 Å². The lowest BCUT2D eigenvalue weighted by molar-refractivity contribution is 0.0791. The van der Waals surface area contributed by atoms with Crippen molar-refractivity contribution in [2.75, 3.05) is 18.4 Å². The van der Waals surface area contributed by atoms with Gasteiger partial charge in [-0.05, 0) is 53.2 Å². The Morgan fingerprint density at radius 2 is 2.41 bits per heavy atom. The number of amides is 1. The van der Waals surface area contributed by atoms with Gasteiger partial charge in [0.2, 0.25) is 0 Å². The zero-order chi connectivity index (χ0) is 12.4. The zero-order valence-electron chi connectivity index (χ0n) is 9.71. The average Bonchev–Trinajstić information content (AvgIpc) is 2.87. The Bertz CT molecular complexity index is 399. The Labute approximate surface area is 123 Å². The molecule has 1 aliphatic heterocycles. The molecular formula is C12H15Br2NOS. The largest absolute Gasteiger partial charge is 0.338 e. The molecule has 1 aromatic rings. The van der Waals surface area contributed by atoms with Gasteiger partial charge in [0.1, 0.15) is 0 Å². The molecule has 1 fully saturated rings. The zero-order valence-corrected chi connectivity index (χ0v) is 13.7. The van der Waals surface area contributed by atoms with Crippen LogP contribution in [0.4, 0.5) is 0 Å². The number of alkyl halides is 1. The maximum absolute atomic E-state index is 12.3. The molecule has 0 spiro atoms. The molecule has 1 atom stereocenters. The first kappa shape index (κ1) is 13.6. The smallest absolute Gasteiger partial charge is 0.263 e. The molecule has 5 heteroatoms. The van der Waals surface area contributed by atoms with Gasteiger partial charge in [0, 0.05) is 18.4 Å². The number of likely N-dealkylation sites (tertiary alicyclic amines) is 1. The van der Waals surface area contributed by atoms with Crippen LogP contribution in [-0.2, 0) is 0 Å². The molecule has 1 aliphatic rings. The second-order valence-electron chi connectivity index (χ2n) is 4.45. The SMILES string of the molecule is Cc1cc(C(=O)N2CCC(CCBr)C2)sc1Br. The van der Waals surface area contributed by atoms with E-state index in [0.717, 1.165) is 45.5 Å². The van der Waals surface area contributed by atoms with Crippen LogP contribution < -0.4 is 0 Å². The molecule has 2 nitrogen and oxygen atoms in total. The predicted molar refractivity (Wildman–Crippen MR) is 79.2 cm³/mol. The highest BCUT2D eigenvalue weighted by Gasteiger charge is 2.27. The van der Waals surface area contributed by atoms with Gasteiger partial charge in [-0.15, -0.1) is 11.3 Å². The van der Waals surface area contributed by atoms with E-state index < -0.39 is 0 Å². The fourth-order valence-corrected chi connectivity index (χ4v) is 4.28. The molecule has 0 N–H and O–H groups in total. The van der Waals surface area contributed by atoms with Gasteiger partial charge in [0.05, 0.1) is 8.66 Å². The maximum Gasteiger partial charge on any atom is 0.263 e. The third-order valence-corrected chi connectivity index (χ3v) is 5.74. The molecule has 0 aromatic carbocycles. The van der Waals surface area contributed by atoms with Gasteiger partial charge >= 0.3 is 0 Å². The van der Waals surface area contributed by atoms with E-state index >= 15 is 0 Å². The molecule has 94 valence electrons. The number of hydrogen-bond donors (Lipinski definition) is 0. The van der Waals surface area contributed by atoms with E-state index in [1.807, 2.05) is 17.9 Å². The standard InChI is InChI=1S/C12H15Br2NOS/c1-8-6-10(17-11(8)14)12(16)15-5-3-9(7-15)2-4-13/h6,9H,2-5,7H2,1H3. The van der Waals surface area contributed by atoms with Crippen molar-refractivity contribution in [1.82, 2.24) is 4.90 Å². The van der Waals surface area contributed by atoms with Crippen LogP contribution >= 0.6 is 43.2 Å². The van der Waals surface area contributed by atoms with Crippen LogP contribution in [0, 0.1) is 12.8 Å². The molecule has 0 bridgehead atoms. The Morgan fingerprint density at radius 1 is 1.65 bits per heavy atom. The number of thiophene rings is 1. The van der Waals surface area contributed by atoms with E-state index in [4.69, 9.17) is 0 Å². The Balaban J connectivity index is 2.02. The number of aryl methyl sites for hydroxylation is 1. The summed E-state index contributed by atoms with van der Waals surface area (Å²) in [6.07, 6.45) is 2.31. The molecule has 0 aliphatic carbocycles. The van der Waals surface area contributed by atoms with Crippen LogP contribution in [0.2, 0.25) is 0 Å². The van der Waals surface area contributed by atoms with Gasteiger partial charge in [-0.3, -0.25) is 4.79 Å². The predicted octanol–water partition coefficient (Wildman–Crippen LogP) is 4.07. The highest BCUT2D eigenvalue weighted by Crippen LogP contribution is 2.30. The van der Waals surface area contributed by atoms with E-state index in [-0.39, 0.29) is 5.91 Å². The van der Waals surface area contributed by atoms with Gasteiger partial charge < -0.3 is 4.90 Å². The summed E-state index contributed by atoms with van der Waals surface area (Å²) in [5.74, 6) is 0.865. The van der Waals surface area contributed by atoms with Crippen molar-refractivity contribution in [3.8, 4) is 0 Å². The number of carbonyl (C=O) groups excluding carboxylic acids is 1. The first-order chi connectivity index (χ1) is 8.11. The molecule has 2 rings (SSSR count). The molecule has 2 heterocycles. The Kier molecular flexibility index (Phi) is 4.66. The maximum atomic E-state index is 12.3. The monoisotopic (exact) mass is 379 g/mol. The Hall–Kier alpha value is 0.130. The topological polar surface area (TPSA) is 20.3 Å². The lowest BCUT2D eigenvalue weighted by atomic mass is 10.1. The second-order valence-corrected chi connectivity index (χ2v) is 7.61. The third kappa shape index (κ3) is 3.12. The van der Waals surface area contributed by atoms with E-state index in [9.17, 15) is 4.79 Å². The first-order valence-electron chi connectivity index (χ1n) is 5.73. The van der Waals surface area contributed by atoms with Crippen LogP contribution in [0.25, 0.3) is 0 Å². The first-order valence-corrected chi connectivity index (χ1v) is 8.46. The van der Waals surface area contributed by atoms with Crippen LogP contribution in [-0.4, -0.2) is 29.2 Å². The third-order valence-electron chi connectivity index (χ3n) is 3.16. The lowest BCUT2D eigenvalue weighted by Gasteiger charge is -2.15. The molecule has 0 saturated carbocycles. The molecule has 1 aromatic heterocycles. The summed E-state index contributed by atoms with van der Waals surface area (Å²) in [7, 11) is 0. The summed E-state index contributed by atoms with van der Waals surface area (Å²) in [4.78, 5) is 15.1. The van der Waals surface area contributed by atoms with E-state index in [1.54, 1.807) is 11.3 Å². The number of hydrogen-bond acceptors (Lipinski definition) is 2. The van der Waals surface area contributed by atoms with Crippen LogP contribution in [0.5, 0.6) is 0 Å². The highest BCUT2D eigenvalue weighted by atomic mass is 79.9. The van der Waals surface area contributed by atoms with Gasteiger partial charge in [0.25, 0.3) is 5.91 Å². The highest BCUT2D eigenvalue weighted by molar-refractivity contribution is 9.11. The summed E-state index contributed by atoms with van der Waals surface area (Å²) in [6, 6.07) is 1.98. The summed E-state index contributed by atoms with van der Waals surface area (Å²) in [6.45, 7) is 3.85. The van der Waals surface area contributed by atoms with E-state index in [0.29, 0.717) is 5.92 Å². The van der Waals surface area contributed by atoms with Crippen LogP contribution in [0.3, 0.4) is 0 Å². The summed E-state index contributed by atoms with van der Waals surface area (Å²) in [5, 5.41) is 1.03. The van der Waals surface area contributed by atoms with Crippen molar-refractivity contribution >= 4 is 49.1 Å². The molecule has 17 heavy (non-hydrogen) atoms. The summed E-state index contributed by atoms with van der Waals surface area (Å²) >= 11 is 8.48. The summed E-state index contributed by atoms with van der Waals surface area (Å²) in [5.41, 5.74) is 1.15.